The van der Waals surface area contributed by atoms with Crippen LogP contribution in [0.4, 0.5) is 5.69 Å². The van der Waals surface area contributed by atoms with Gasteiger partial charge in [-0.05, 0) is 42.5 Å². The maximum absolute atomic E-state index is 12.4. The number of nitrogens with zero attached hydrogens (tertiary/aromatic N) is 5. The van der Waals surface area contributed by atoms with Gasteiger partial charge in [0.2, 0.25) is 0 Å². The summed E-state index contributed by atoms with van der Waals surface area (Å²) in [6.07, 6.45) is 7.27. The van der Waals surface area contributed by atoms with Gasteiger partial charge in [0.15, 0.2) is 0 Å². The summed E-state index contributed by atoms with van der Waals surface area (Å²) in [5.41, 5.74) is 5.89. The highest BCUT2D eigenvalue weighted by molar-refractivity contribution is 6.30. The fourth-order valence-corrected chi connectivity index (χ4v) is 3.52. The van der Waals surface area contributed by atoms with E-state index in [1.54, 1.807) is 33.5 Å². The molecule has 8 heteroatoms. The van der Waals surface area contributed by atoms with Crippen molar-refractivity contribution in [3.63, 3.8) is 0 Å². The van der Waals surface area contributed by atoms with Crippen LogP contribution >= 0.6 is 11.6 Å². The van der Waals surface area contributed by atoms with Crippen LogP contribution in [0.2, 0.25) is 5.02 Å². The molecule has 0 atom stereocenters. The SMILES string of the molecule is Cn1cc(-c2cc3c(-c4ccc(NC(=O)c5ccc(Cl)cc5)cc4)ncnn3c2)cn1. The molecular formula is C23H17ClN6O. The number of carbonyl (C=O) groups excluding carboxylic acids is 1. The number of rotatable bonds is 4. The predicted octanol–water partition coefficient (Wildman–Crippen LogP) is 4.70. The maximum Gasteiger partial charge on any atom is 0.255 e. The Morgan fingerprint density at radius 3 is 2.42 bits per heavy atom. The minimum atomic E-state index is -0.193. The van der Waals surface area contributed by atoms with E-state index in [0.29, 0.717) is 16.3 Å². The molecule has 1 amide bonds. The lowest BCUT2D eigenvalue weighted by molar-refractivity contribution is 0.102. The van der Waals surface area contributed by atoms with Gasteiger partial charge in [-0.15, -0.1) is 0 Å². The first-order valence-electron chi connectivity index (χ1n) is 9.56. The number of nitrogens with one attached hydrogen (secondary N) is 1. The zero-order chi connectivity index (χ0) is 21.4. The average Bonchev–Trinajstić information content (AvgIpc) is 3.40. The fourth-order valence-electron chi connectivity index (χ4n) is 3.40. The van der Waals surface area contributed by atoms with Crippen LogP contribution in [0, 0.1) is 0 Å². The van der Waals surface area contributed by atoms with E-state index in [9.17, 15) is 4.79 Å². The van der Waals surface area contributed by atoms with Crippen molar-refractivity contribution in [1.82, 2.24) is 24.4 Å². The third-order valence-corrected chi connectivity index (χ3v) is 5.22. The lowest BCUT2D eigenvalue weighted by Gasteiger charge is -2.07. The largest absolute Gasteiger partial charge is 0.322 e. The fraction of sp³-hybridized carbons (Fsp3) is 0.0435. The van der Waals surface area contributed by atoms with Crippen LogP contribution in [0.1, 0.15) is 10.4 Å². The van der Waals surface area contributed by atoms with Gasteiger partial charge in [0.25, 0.3) is 5.91 Å². The van der Waals surface area contributed by atoms with Gasteiger partial charge in [-0.25, -0.2) is 9.50 Å². The summed E-state index contributed by atoms with van der Waals surface area (Å²) in [5.74, 6) is -0.193. The molecule has 0 aliphatic heterocycles. The molecule has 1 N–H and O–H groups in total. The Morgan fingerprint density at radius 2 is 1.71 bits per heavy atom. The van der Waals surface area contributed by atoms with Crippen LogP contribution in [-0.4, -0.2) is 30.3 Å². The first-order valence-corrected chi connectivity index (χ1v) is 9.94. The Balaban J connectivity index is 1.42. The number of halogens is 1. The van der Waals surface area contributed by atoms with Gasteiger partial charge in [-0.1, -0.05) is 23.7 Å². The third kappa shape index (κ3) is 3.78. The molecule has 7 nitrogen and oxygen atoms in total. The third-order valence-electron chi connectivity index (χ3n) is 4.97. The van der Waals surface area contributed by atoms with Gasteiger partial charge in [-0.3, -0.25) is 9.48 Å². The molecule has 5 aromatic rings. The minimum absolute atomic E-state index is 0.193. The minimum Gasteiger partial charge on any atom is -0.322 e. The molecule has 0 fully saturated rings. The highest BCUT2D eigenvalue weighted by atomic mass is 35.5. The van der Waals surface area contributed by atoms with E-state index in [1.165, 1.54) is 6.33 Å². The van der Waals surface area contributed by atoms with Gasteiger partial charge < -0.3 is 5.32 Å². The van der Waals surface area contributed by atoms with Crippen molar-refractivity contribution in [2.45, 2.75) is 0 Å². The van der Waals surface area contributed by atoms with Crippen LogP contribution in [-0.2, 0) is 7.05 Å². The van der Waals surface area contributed by atoms with Gasteiger partial charge in [0.1, 0.15) is 6.33 Å². The summed E-state index contributed by atoms with van der Waals surface area (Å²) in [6, 6.07) is 16.4. The van der Waals surface area contributed by atoms with Gasteiger partial charge >= 0.3 is 0 Å². The molecule has 0 aliphatic carbocycles. The van der Waals surface area contributed by atoms with Crippen molar-refractivity contribution in [3.8, 4) is 22.4 Å². The van der Waals surface area contributed by atoms with E-state index in [0.717, 1.165) is 27.9 Å². The van der Waals surface area contributed by atoms with E-state index in [4.69, 9.17) is 11.6 Å². The van der Waals surface area contributed by atoms with Crippen molar-refractivity contribution in [2.75, 3.05) is 5.32 Å². The normalized spacial score (nSPS) is 11.0. The van der Waals surface area contributed by atoms with Crippen LogP contribution < -0.4 is 5.32 Å². The van der Waals surface area contributed by atoms with Gasteiger partial charge in [0, 0.05) is 52.4 Å². The maximum atomic E-state index is 12.4. The highest BCUT2D eigenvalue weighted by Gasteiger charge is 2.12. The van der Waals surface area contributed by atoms with Crippen molar-refractivity contribution >= 4 is 28.7 Å². The molecule has 31 heavy (non-hydrogen) atoms. The molecule has 152 valence electrons. The number of hydrogen-bond donors (Lipinski definition) is 1. The molecule has 0 radical (unpaired) electrons. The van der Waals surface area contributed by atoms with Gasteiger partial charge in [0.05, 0.1) is 17.4 Å². The Kier molecular flexibility index (Phi) is 4.72. The second kappa shape index (κ2) is 7.70. The van der Waals surface area contributed by atoms with Crippen molar-refractivity contribution in [3.05, 3.63) is 90.1 Å². The summed E-state index contributed by atoms with van der Waals surface area (Å²) in [7, 11) is 1.89. The zero-order valence-corrected chi connectivity index (χ0v) is 17.3. The molecule has 3 heterocycles. The Bertz CT molecular complexity index is 1390. The first-order chi connectivity index (χ1) is 15.1. The average molecular weight is 429 g/mol. The number of fused-ring (bicyclic) bond motifs is 1. The van der Waals surface area contributed by atoms with Crippen LogP contribution in [0.5, 0.6) is 0 Å². The molecule has 2 aromatic carbocycles. The second-order valence-corrected chi connectivity index (χ2v) is 7.54. The summed E-state index contributed by atoms with van der Waals surface area (Å²) in [4.78, 5) is 16.9. The van der Waals surface area contributed by atoms with Crippen LogP contribution in [0.25, 0.3) is 27.9 Å². The van der Waals surface area contributed by atoms with E-state index in [-0.39, 0.29) is 5.91 Å². The molecule has 0 aliphatic rings. The number of carbonyl (C=O) groups is 1. The van der Waals surface area contributed by atoms with E-state index >= 15 is 0 Å². The second-order valence-electron chi connectivity index (χ2n) is 7.11. The molecule has 0 bridgehead atoms. The number of amides is 1. The Hall–Kier alpha value is -3.97. The number of benzene rings is 2. The van der Waals surface area contributed by atoms with E-state index in [1.807, 2.05) is 56.0 Å². The van der Waals surface area contributed by atoms with Crippen molar-refractivity contribution < 1.29 is 4.79 Å². The number of anilines is 1. The summed E-state index contributed by atoms with van der Waals surface area (Å²) in [5, 5.41) is 12.0. The number of aryl methyl sites for hydroxylation is 1. The van der Waals surface area contributed by atoms with Crippen LogP contribution in [0.3, 0.4) is 0 Å². The quantitative estimate of drug-likeness (QED) is 0.450. The zero-order valence-electron chi connectivity index (χ0n) is 16.5. The van der Waals surface area contributed by atoms with Gasteiger partial charge in [-0.2, -0.15) is 10.2 Å². The molecule has 0 saturated heterocycles. The highest BCUT2D eigenvalue weighted by Crippen LogP contribution is 2.28. The first kappa shape index (κ1) is 19.0. The lowest BCUT2D eigenvalue weighted by atomic mass is 10.1. The molecule has 0 spiro atoms. The molecule has 5 rings (SSSR count). The smallest absolute Gasteiger partial charge is 0.255 e. The molecule has 0 unspecified atom stereocenters. The van der Waals surface area contributed by atoms with E-state index in [2.05, 4.69) is 20.5 Å². The standard InChI is InChI=1S/C23H17ClN6O/c1-29-12-18(11-26-29)17-10-21-22(25-14-27-30(21)13-17)15-4-8-20(9-5-15)28-23(31)16-2-6-19(24)7-3-16/h2-14H,1H3,(H,28,31). The van der Waals surface area contributed by atoms with E-state index < -0.39 is 0 Å². The Labute approximate surface area is 182 Å². The van der Waals surface area contributed by atoms with Crippen molar-refractivity contribution in [1.29, 1.82) is 0 Å². The topological polar surface area (TPSA) is 77.1 Å². The van der Waals surface area contributed by atoms with Crippen LogP contribution in [0.15, 0.2) is 79.5 Å². The molecular weight excluding hydrogens is 412 g/mol. The summed E-state index contributed by atoms with van der Waals surface area (Å²) < 4.78 is 3.57. The molecule has 3 aromatic heterocycles. The lowest BCUT2D eigenvalue weighted by Crippen LogP contribution is -2.11. The van der Waals surface area contributed by atoms with Crippen molar-refractivity contribution in [2.24, 2.45) is 7.05 Å². The number of hydrogen-bond acceptors (Lipinski definition) is 4. The summed E-state index contributed by atoms with van der Waals surface area (Å²) in [6.45, 7) is 0. The predicted molar refractivity (Wildman–Crippen MR) is 120 cm³/mol. The monoisotopic (exact) mass is 428 g/mol. The molecule has 0 saturated carbocycles. The Morgan fingerprint density at radius 1 is 0.935 bits per heavy atom. The number of aromatic nitrogens is 5. The summed E-state index contributed by atoms with van der Waals surface area (Å²) >= 11 is 5.88.